The number of benzene rings is 2. The predicted octanol–water partition coefficient (Wildman–Crippen LogP) is 3.64. The topological polar surface area (TPSA) is 56.6 Å². The second-order valence-electron chi connectivity index (χ2n) is 8.28. The van der Waals surface area contributed by atoms with Crippen LogP contribution in [0.1, 0.15) is 39.9 Å². The van der Waals surface area contributed by atoms with Gasteiger partial charge in [0.15, 0.2) is 0 Å². The van der Waals surface area contributed by atoms with Gasteiger partial charge >= 0.3 is 0 Å². The van der Waals surface area contributed by atoms with Crippen molar-refractivity contribution in [3.63, 3.8) is 0 Å². The molecule has 1 amide bonds. The molecule has 2 aliphatic heterocycles. The quantitative estimate of drug-likeness (QED) is 0.650. The fourth-order valence-corrected chi connectivity index (χ4v) is 4.93. The highest BCUT2D eigenvalue weighted by atomic mass is 16.5. The number of carbonyl (C=O) groups is 1. The van der Waals surface area contributed by atoms with Crippen LogP contribution in [0.25, 0.3) is 0 Å². The fraction of sp³-hybridized carbons (Fsp3) is 0.360. The molecule has 0 unspecified atom stereocenters. The van der Waals surface area contributed by atoms with Crippen LogP contribution < -0.4 is 4.74 Å². The number of rotatable bonds is 4. The lowest BCUT2D eigenvalue weighted by Crippen LogP contribution is -2.48. The monoisotopic (exact) mass is 417 g/mol. The average Bonchev–Trinajstić information content (AvgIpc) is 3.32. The molecule has 6 nitrogen and oxygen atoms in total. The molecule has 2 aliphatic rings. The van der Waals surface area contributed by atoms with E-state index < -0.39 is 0 Å². The van der Waals surface area contributed by atoms with Crippen LogP contribution in [-0.4, -0.2) is 47.4 Å². The Morgan fingerprint density at radius 1 is 1.16 bits per heavy atom. The van der Waals surface area contributed by atoms with Crippen LogP contribution in [0, 0.1) is 0 Å². The third-order valence-corrected chi connectivity index (χ3v) is 6.47. The van der Waals surface area contributed by atoms with E-state index in [2.05, 4.69) is 11.2 Å². The normalized spacial score (nSPS) is 17.4. The third kappa shape index (κ3) is 3.72. The summed E-state index contributed by atoms with van der Waals surface area (Å²) in [6, 6.07) is 16.0. The summed E-state index contributed by atoms with van der Waals surface area (Å²) in [5.74, 6) is 0.969. The number of methoxy groups -OCH3 is 1. The molecule has 1 spiro atoms. The van der Waals surface area contributed by atoms with Crippen LogP contribution in [-0.2, 0) is 23.3 Å². The lowest BCUT2D eigenvalue weighted by atomic mass is 9.78. The van der Waals surface area contributed by atoms with Gasteiger partial charge in [-0.15, -0.1) is 0 Å². The van der Waals surface area contributed by atoms with Gasteiger partial charge in [0, 0.05) is 36.6 Å². The third-order valence-electron chi connectivity index (χ3n) is 6.47. The summed E-state index contributed by atoms with van der Waals surface area (Å²) in [6.07, 6.45) is 6.14. The van der Waals surface area contributed by atoms with E-state index in [9.17, 15) is 4.79 Å². The first-order valence-corrected chi connectivity index (χ1v) is 10.8. The molecule has 31 heavy (non-hydrogen) atoms. The van der Waals surface area contributed by atoms with Crippen LogP contribution >= 0.6 is 0 Å². The molecule has 2 aromatic carbocycles. The van der Waals surface area contributed by atoms with E-state index in [-0.39, 0.29) is 11.5 Å². The number of amides is 1. The number of piperidine rings is 1. The Morgan fingerprint density at radius 2 is 2.00 bits per heavy atom. The van der Waals surface area contributed by atoms with Gasteiger partial charge < -0.3 is 14.4 Å². The second kappa shape index (κ2) is 8.19. The zero-order valence-corrected chi connectivity index (χ0v) is 17.8. The Morgan fingerprint density at radius 3 is 2.77 bits per heavy atom. The summed E-state index contributed by atoms with van der Waals surface area (Å²) >= 11 is 0. The molecule has 1 aromatic heterocycles. The minimum absolute atomic E-state index is 0.0771. The van der Waals surface area contributed by atoms with Crippen molar-refractivity contribution >= 4 is 5.91 Å². The Labute approximate surface area is 182 Å². The van der Waals surface area contributed by atoms with Crippen molar-refractivity contribution in [2.24, 2.45) is 0 Å². The summed E-state index contributed by atoms with van der Waals surface area (Å²) in [7, 11) is 1.72. The Kier molecular flexibility index (Phi) is 5.24. The zero-order valence-electron chi connectivity index (χ0n) is 17.8. The molecular formula is C25H27N3O3. The molecule has 6 heteroatoms. The molecular weight excluding hydrogens is 390 g/mol. The van der Waals surface area contributed by atoms with Crippen LogP contribution in [0.15, 0.2) is 60.9 Å². The molecule has 1 saturated heterocycles. The van der Waals surface area contributed by atoms with E-state index in [1.54, 1.807) is 13.3 Å². The lowest BCUT2D eigenvalue weighted by molar-refractivity contribution is -0.0946. The minimum atomic E-state index is -0.362. The number of aromatic nitrogens is 2. The SMILES string of the molecule is COc1cccc2c1C1(CCN(C(=O)c3cccc(Cn4cccn4)c3)CC1)OCC2. The van der Waals surface area contributed by atoms with Crippen molar-refractivity contribution in [3.05, 3.63) is 83.2 Å². The standard InChI is InChI=1S/C25H27N3O3/c1-30-22-8-3-6-20-9-16-31-25(23(20)22)10-14-27(15-11-25)24(29)21-7-2-5-19(17-21)18-28-13-4-12-26-28/h2-8,12-13,17H,9-11,14-16,18H2,1H3. The molecule has 5 rings (SSSR count). The maximum atomic E-state index is 13.2. The van der Waals surface area contributed by atoms with Crippen LogP contribution in [0.4, 0.5) is 0 Å². The van der Waals surface area contributed by atoms with Crippen molar-refractivity contribution in [2.45, 2.75) is 31.4 Å². The summed E-state index contributed by atoms with van der Waals surface area (Å²) in [5, 5.41) is 4.25. The molecule has 0 radical (unpaired) electrons. The molecule has 0 aliphatic carbocycles. The molecule has 3 heterocycles. The van der Waals surface area contributed by atoms with E-state index in [1.807, 2.05) is 58.2 Å². The van der Waals surface area contributed by atoms with Crippen LogP contribution in [0.2, 0.25) is 0 Å². The molecule has 0 atom stereocenters. The summed E-state index contributed by atoms with van der Waals surface area (Å²) in [4.78, 5) is 15.2. The number of ether oxygens (including phenoxy) is 2. The van der Waals surface area contributed by atoms with Gasteiger partial charge in [0.1, 0.15) is 11.4 Å². The van der Waals surface area contributed by atoms with Gasteiger partial charge in [-0.05, 0) is 54.7 Å². The predicted molar refractivity (Wildman–Crippen MR) is 117 cm³/mol. The van der Waals surface area contributed by atoms with Gasteiger partial charge in [0.25, 0.3) is 5.91 Å². The first kappa shape index (κ1) is 19.8. The highest BCUT2D eigenvalue weighted by Gasteiger charge is 2.43. The van der Waals surface area contributed by atoms with Crippen molar-refractivity contribution in [1.29, 1.82) is 0 Å². The van der Waals surface area contributed by atoms with Crippen molar-refractivity contribution < 1.29 is 14.3 Å². The Balaban J connectivity index is 1.32. The average molecular weight is 418 g/mol. The van der Waals surface area contributed by atoms with Gasteiger partial charge in [-0.2, -0.15) is 5.10 Å². The van der Waals surface area contributed by atoms with Gasteiger partial charge in [-0.3, -0.25) is 9.48 Å². The summed E-state index contributed by atoms with van der Waals surface area (Å²) < 4.78 is 13.9. The number of hydrogen-bond donors (Lipinski definition) is 0. The number of carbonyl (C=O) groups excluding carboxylic acids is 1. The van der Waals surface area contributed by atoms with E-state index in [0.717, 1.165) is 36.1 Å². The second-order valence-corrected chi connectivity index (χ2v) is 8.28. The molecule has 1 fully saturated rings. The Bertz CT molecular complexity index is 1060. The zero-order chi connectivity index (χ0) is 21.3. The largest absolute Gasteiger partial charge is 0.496 e. The van der Waals surface area contributed by atoms with Crippen molar-refractivity contribution in [3.8, 4) is 5.75 Å². The van der Waals surface area contributed by atoms with E-state index >= 15 is 0 Å². The molecule has 160 valence electrons. The molecule has 0 N–H and O–H groups in total. The number of likely N-dealkylation sites (tertiary alicyclic amines) is 1. The lowest BCUT2D eigenvalue weighted by Gasteiger charge is -2.45. The smallest absolute Gasteiger partial charge is 0.253 e. The van der Waals surface area contributed by atoms with Gasteiger partial charge in [0.05, 0.1) is 20.3 Å². The Hall–Kier alpha value is -3.12. The summed E-state index contributed by atoms with van der Waals surface area (Å²) in [5.41, 5.74) is 3.91. The molecule has 3 aromatic rings. The summed E-state index contributed by atoms with van der Waals surface area (Å²) in [6.45, 7) is 2.70. The minimum Gasteiger partial charge on any atom is -0.496 e. The van der Waals surface area contributed by atoms with E-state index in [4.69, 9.17) is 9.47 Å². The van der Waals surface area contributed by atoms with Crippen molar-refractivity contribution in [2.75, 3.05) is 26.8 Å². The van der Waals surface area contributed by atoms with Gasteiger partial charge in [-0.25, -0.2) is 0 Å². The molecule has 0 saturated carbocycles. The maximum Gasteiger partial charge on any atom is 0.253 e. The van der Waals surface area contributed by atoms with E-state index in [1.165, 1.54) is 11.1 Å². The maximum absolute atomic E-state index is 13.2. The van der Waals surface area contributed by atoms with Gasteiger partial charge in [0.2, 0.25) is 0 Å². The van der Waals surface area contributed by atoms with E-state index in [0.29, 0.717) is 26.2 Å². The van der Waals surface area contributed by atoms with Gasteiger partial charge in [-0.1, -0.05) is 24.3 Å². The van der Waals surface area contributed by atoms with Crippen LogP contribution in [0.5, 0.6) is 5.75 Å². The van der Waals surface area contributed by atoms with Crippen LogP contribution in [0.3, 0.4) is 0 Å². The number of nitrogens with zero attached hydrogens (tertiary/aromatic N) is 3. The highest BCUT2D eigenvalue weighted by molar-refractivity contribution is 5.94. The number of fused-ring (bicyclic) bond motifs is 2. The highest BCUT2D eigenvalue weighted by Crippen LogP contribution is 2.45. The molecule has 0 bridgehead atoms. The first-order valence-electron chi connectivity index (χ1n) is 10.8. The van der Waals surface area contributed by atoms with Crippen molar-refractivity contribution in [1.82, 2.24) is 14.7 Å². The number of hydrogen-bond acceptors (Lipinski definition) is 4. The first-order chi connectivity index (χ1) is 15.2. The fourth-order valence-electron chi connectivity index (χ4n) is 4.93.